The zero-order valence-corrected chi connectivity index (χ0v) is 14.6. The summed E-state index contributed by atoms with van der Waals surface area (Å²) in [4.78, 5) is 25.1. The van der Waals surface area contributed by atoms with Gasteiger partial charge in [-0.1, -0.05) is 30.3 Å². The molecule has 1 saturated heterocycles. The van der Waals surface area contributed by atoms with Crippen LogP contribution in [0.2, 0.25) is 0 Å². The van der Waals surface area contributed by atoms with E-state index >= 15 is 0 Å². The fourth-order valence-electron chi connectivity index (χ4n) is 3.23. The standard InChI is InChI=1S/C19H21N3O4/c1-26-18-5-3-2-4-16(18)17-13-20-10-11-21(17)19(23)12-14-6-8-15(9-7-14)22(24)25/h2-9,17,20H,10-13H2,1H3. The molecule has 26 heavy (non-hydrogen) atoms. The maximum Gasteiger partial charge on any atom is 0.269 e. The Hall–Kier alpha value is -2.93. The Morgan fingerprint density at radius 1 is 1.27 bits per heavy atom. The number of carbonyl (C=O) groups excluding carboxylic acids is 1. The zero-order valence-electron chi connectivity index (χ0n) is 14.6. The first-order valence-electron chi connectivity index (χ1n) is 8.46. The second kappa shape index (κ2) is 7.97. The number of hydrogen-bond acceptors (Lipinski definition) is 5. The molecule has 0 saturated carbocycles. The monoisotopic (exact) mass is 355 g/mol. The van der Waals surface area contributed by atoms with Crippen LogP contribution in [0.15, 0.2) is 48.5 Å². The number of nitro groups is 1. The van der Waals surface area contributed by atoms with Gasteiger partial charge in [0.1, 0.15) is 5.75 Å². The molecule has 7 nitrogen and oxygen atoms in total. The van der Waals surface area contributed by atoms with Crippen LogP contribution in [0, 0.1) is 10.1 Å². The van der Waals surface area contributed by atoms with E-state index < -0.39 is 4.92 Å². The van der Waals surface area contributed by atoms with E-state index in [0.717, 1.165) is 23.4 Å². The maximum atomic E-state index is 12.9. The number of hydrogen-bond donors (Lipinski definition) is 1. The molecule has 1 atom stereocenters. The summed E-state index contributed by atoms with van der Waals surface area (Å²) in [5.41, 5.74) is 1.76. The number of amides is 1. The van der Waals surface area contributed by atoms with Crippen molar-refractivity contribution in [1.82, 2.24) is 10.2 Å². The van der Waals surface area contributed by atoms with Crippen LogP contribution < -0.4 is 10.1 Å². The quantitative estimate of drug-likeness (QED) is 0.657. The van der Waals surface area contributed by atoms with Gasteiger partial charge in [0.2, 0.25) is 5.91 Å². The van der Waals surface area contributed by atoms with Gasteiger partial charge in [0.15, 0.2) is 0 Å². The van der Waals surface area contributed by atoms with E-state index in [4.69, 9.17) is 4.74 Å². The minimum Gasteiger partial charge on any atom is -0.496 e. The number of non-ortho nitro benzene ring substituents is 1. The molecule has 1 N–H and O–H groups in total. The first-order valence-corrected chi connectivity index (χ1v) is 8.46. The highest BCUT2D eigenvalue weighted by molar-refractivity contribution is 5.79. The van der Waals surface area contributed by atoms with Gasteiger partial charge in [0.05, 0.1) is 24.5 Å². The van der Waals surface area contributed by atoms with Gasteiger partial charge < -0.3 is 15.0 Å². The molecule has 0 aromatic heterocycles. The molecule has 0 radical (unpaired) electrons. The average molecular weight is 355 g/mol. The van der Waals surface area contributed by atoms with Gasteiger partial charge in [0.25, 0.3) is 5.69 Å². The molecule has 0 spiro atoms. The number of piperazine rings is 1. The Kier molecular flexibility index (Phi) is 5.48. The fourth-order valence-corrected chi connectivity index (χ4v) is 3.23. The van der Waals surface area contributed by atoms with E-state index in [0.29, 0.717) is 13.1 Å². The van der Waals surface area contributed by atoms with Gasteiger partial charge in [0, 0.05) is 37.3 Å². The van der Waals surface area contributed by atoms with Crippen molar-refractivity contribution < 1.29 is 14.5 Å². The van der Waals surface area contributed by atoms with E-state index in [-0.39, 0.29) is 24.1 Å². The lowest BCUT2D eigenvalue weighted by Crippen LogP contribution is -2.49. The summed E-state index contributed by atoms with van der Waals surface area (Å²) >= 11 is 0. The molecule has 3 rings (SSSR count). The highest BCUT2D eigenvalue weighted by Gasteiger charge is 2.29. The van der Waals surface area contributed by atoms with Crippen molar-refractivity contribution >= 4 is 11.6 Å². The summed E-state index contributed by atoms with van der Waals surface area (Å²) in [6, 6.07) is 13.7. The van der Waals surface area contributed by atoms with Crippen molar-refractivity contribution in [2.24, 2.45) is 0 Å². The average Bonchev–Trinajstić information content (AvgIpc) is 2.68. The number of benzene rings is 2. The van der Waals surface area contributed by atoms with Crippen molar-refractivity contribution in [3.05, 3.63) is 69.8 Å². The largest absolute Gasteiger partial charge is 0.496 e. The van der Waals surface area contributed by atoms with Gasteiger partial charge in [-0.2, -0.15) is 0 Å². The van der Waals surface area contributed by atoms with Crippen molar-refractivity contribution in [3.8, 4) is 5.75 Å². The van der Waals surface area contributed by atoms with Gasteiger partial charge in [-0.25, -0.2) is 0 Å². The third-order valence-corrected chi connectivity index (χ3v) is 4.56. The molecular formula is C19H21N3O4. The molecule has 1 unspecified atom stereocenters. The number of nitrogens with one attached hydrogen (secondary N) is 1. The number of methoxy groups -OCH3 is 1. The van der Waals surface area contributed by atoms with Crippen LogP contribution in [-0.4, -0.2) is 42.5 Å². The Bertz CT molecular complexity index is 792. The van der Waals surface area contributed by atoms with Crippen LogP contribution in [0.4, 0.5) is 5.69 Å². The first kappa shape index (κ1) is 17.9. The lowest BCUT2D eigenvalue weighted by molar-refractivity contribution is -0.384. The van der Waals surface area contributed by atoms with Gasteiger partial charge in [-0.15, -0.1) is 0 Å². The second-order valence-electron chi connectivity index (χ2n) is 6.15. The van der Waals surface area contributed by atoms with Crippen LogP contribution in [0.3, 0.4) is 0 Å². The second-order valence-corrected chi connectivity index (χ2v) is 6.15. The molecular weight excluding hydrogens is 334 g/mol. The number of ether oxygens (including phenoxy) is 1. The molecule has 7 heteroatoms. The summed E-state index contributed by atoms with van der Waals surface area (Å²) in [5.74, 6) is 0.755. The molecule has 1 amide bonds. The van der Waals surface area contributed by atoms with Crippen molar-refractivity contribution in [1.29, 1.82) is 0 Å². The summed E-state index contributed by atoms with van der Waals surface area (Å²) < 4.78 is 5.45. The molecule has 1 fully saturated rings. The number of nitrogens with zero attached hydrogens (tertiary/aromatic N) is 2. The molecule has 2 aromatic carbocycles. The third kappa shape index (κ3) is 3.83. The predicted octanol–water partition coefficient (Wildman–Crippen LogP) is 2.32. The van der Waals surface area contributed by atoms with Crippen LogP contribution in [0.1, 0.15) is 17.2 Å². The summed E-state index contributed by atoms with van der Waals surface area (Å²) in [6.45, 7) is 2.00. The highest BCUT2D eigenvalue weighted by Crippen LogP contribution is 2.30. The molecule has 136 valence electrons. The van der Waals surface area contributed by atoms with E-state index in [1.54, 1.807) is 19.2 Å². The Balaban J connectivity index is 1.78. The lowest BCUT2D eigenvalue weighted by Gasteiger charge is -2.37. The van der Waals surface area contributed by atoms with Crippen LogP contribution in [0.25, 0.3) is 0 Å². The van der Waals surface area contributed by atoms with E-state index in [9.17, 15) is 14.9 Å². The topological polar surface area (TPSA) is 84.7 Å². The predicted molar refractivity (Wildman–Crippen MR) is 97.1 cm³/mol. The molecule has 1 heterocycles. The summed E-state index contributed by atoms with van der Waals surface area (Å²) in [6.07, 6.45) is 0.212. The molecule has 1 aliphatic heterocycles. The van der Waals surface area contributed by atoms with Crippen molar-refractivity contribution in [2.45, 2.75) is 12.5 Å². The highest BCUT2D eigenvalue weighted by atomic mass is 16.6. The summed E-state index contributed by atoms with van der Waals surface area (Å²) in [7, 11) is 1.62. The Labute approximate surface area is 151 Å². The van der Waals surface area contributed by atoms with E-state index in [2.05, 4.69) is 5.32 Å². The van der Waals surface area contributed by atoms with Crippen LogP contribution >= 0.6 is 0 Å². The number of rotatable bonds is 5. The fraction of sp³-hybridized carbons (Fsp3) is 0.316. The van der Waals surface area contributed by atoms with Crippen molar-refractivity contribution in [3.63, 3.8) is 0 Å². The lowest BCUT2D eigenvalue weighted by atomic mass is 10.0. The maximum absolute atomic E-state index is 12.9. The van der Waals surface area contributed by atoms with Crippen LogP contribution in [-0.2, 0) is 11.2 Å². The third-order valence-electron chi connectivity index (χ3n) is 4.56. The number of para-hydroxylation sites is 1. The Morgan fingerprint density at radius 3 is 2.69 bits per heavy atom. The first-order chi connectivity index (χ1) is 12.6. The number of carbonyl (C=O) groups is 1. The molecule has 2 aromatic rings. The SMILES string of the molecule is COc1ccccc1C1CNCCN1C(=O)Cc1ccc([N+](=O)[O-])cc1. The summed E-state index contributed by atoms with van der Waals surface area (Å²) in [5, 5.41) is 14.1. The Morgan fingerprint density at radius 2 is 2.00 bits per heavy atom. The zero-order chi connectivity index (χ0) is 18.5. The smallest absolute Gasteiger partial charge is 0.269 e. The number of nitro benzene ring substituents is 1. The normalized spacial score (nSPS) is 17.0. The van der Waals surface area contributed by atoms with Crippen molar-refractivity contribution in [2.75, 3.05) is 26.7 Å². The molecule has 0 bridgehead atoms. The van der Waals surface area contributed by atoms with E-state index in [1.807, 2.05) is 29.2 Å². The van der Waals surface area contributed by atoms with Gasteiger partial charge >= 0.3 is 0 Å². The molecule has 0 aliphatic carbocycles. The minimum absolute atomic E-state index is 0.00346. The van der Waals surface area contributed by atoms with Crippen LogP contribution in [0.5, 0.6) is 5.75 Å². The minimum atomic E-state index is -0.445. The van der Waals surface area contributed by atoms with Gasteiger partial charge in [-0.05, 0) is 11.6 Å². The van der Waals surface area contributed by atoms with E-state index in [1.165, 1.54) is 12.1 Å². The molecule has 1 aliphatic rings. The van der Waals surface area contributed by atoms with Gasteiger partial charge in [-0.3, -0.25) is 14.9 Å².